The first-order valence-electron chi connectivity index (χ1n) is 6.27. The Morgan fingerprint density at radius 1 is 1.05 bits per heavy atom. The number of anilines is 1. The molecule has 1 N–H and O–H groups in total. The van der Waals surface area contributed by atoms with Crippen LogP contribution in [0.1, 0.15) is 16.7 Å². The van der Waals surface area contributed by atoms with Crippen molar-refractivity contribution >= 4 is 34.8 Å². The van der Waals surface area contributed by atoms with E-state index in [1.54, 1.807) is 18.2 Å². The molecule has 2 aromatic carbocycles. The zero-order valence-corrected chi connectivity index (χ0v) is 12.8. The predicted molar refractivity (Wildman–Crippen MR) is 84.7 cm³/mol. The van der Waals surface area contributed by atoms with E-state index >= 15 is 0 Å². The van der Waals surface area contributed by atoms with Crippen molar-refractivity contribution in [2.75, 3.05) is 5.32 Å². The van der Waals surface area contributed by atoms with E-state index in [0.29, 0.717) is 22.2 Å². The average molecular weight is 308 g/mol. The zero-order chi connectivity index (χ0) is 14.7. The van der Waals surface area contributed by atoms with Crippen molar-refractivity contribution in [1.82, 2.24) is 0 Å². The highest BCUT2D eigenvalue weighted by atomic mass is 35.5. The molecule has 0 bridgehead atoms. The van der Waals surface area contributed by atoms with Crippen molar-refractivity contribution in [1.29, 1.82) is 0 Å². The first kappa shape index (κ1) is 14.9. The Labute approximate surface area is 128 Å². The van der Waals surface area contributed by atoms with E-state index in [-0.39, 0.29) is 5.91 Å². The topological polar surface area (TPSA) is 29.1 Å². The molecule has 0 heterocycles. The van der Waals surface area contributed by atoms with Gasteiger partial charge in [-0.1, -0.05) is 47.0 Å². The lowest BCUT2D eigenvalue weighted by molar-refractivity contribution is -0.115. The van der Waals surface area contributed by atoms with E-state index in [4.69, 9.17) is 23.2 Å². The van der Waals surface area contributed by atoms with Gasteiger partial charge in [0, 0.05) is 5.69 Å². The van der Waals surface area contributed by atoms with Gasteiger partial charge in [-0.05, 0) is 43.2 Å². The van der Waals surface area contributed by atoms with Gasteiger partial charge >= 0.3 is 0 Å². The Bertz CT molecular complexity index is 653. The van der Waals surface area contributed by atoms with Gasteiger partial charge in [-0.2, -0.15) is 0 Å². The molecule has 0 aliphatic rings. The molecule has 20 heavy (non-hydrogen) atoms. The van der Waals surface area contributed by atoms with Crippen LogP contribution in [0.25, 0.3) is 0 Å². The van der Waals surface area contributed by atoms with Crippen molar-refractivity contribution in [2.24, 2.45) is 0 Å². The van der Waals surface area contributed by atoms with Gasteiger partial charge in [0.05, 0.1) is 16.5 Å². The van der Waals surface area contributed by atoms with Gasteiger partial charge in [-0.25, -0.2) is 0 Å². The van der Waals surface area contributed by atoms with Crippen molar-refractivity contribution < 1.29 is 4.79 Å². The van der Waals surface area contributed by atoms with Crippen LogP contribution in [-0.2, 0) is 11.2 Å². The first-order chi connectivity index (χ1) is 9.45. The molecule has 0 fully saturated rings. The molecule has 0 saturated carbocycles. The van der Waals surface area contributed by atoms with E-state index in [0.717, 1.165) is 11.1 Å². The molecule has 0 unspecified atom stereocenters. The molecule has 0 aliphatic heterocycles. The van der Waals surface area contributed by atoms with E-state index < -0.39 is 0 Å². The molecular formula is C16H15Cl2NO. The molecule has 0 aromatic heterocycles. The van der Waals surface area contributed by atoms with Crippen molar-refractivity contribution in [2.45, 2.75) is 20.3 Å². The fourth-order valence-electron chi connectivity index (χ4n) is 2.00. The summed E-state index contributed by atoms with van der Waals surface area (Å²) in [5.74, 6) is -0.0738. The van der Waals surface area contributed by atoms with Gasteiger partial charge in [0.25, 0.3) is 0 Å². The lowest BCUT2D eigenvalue weighted by Gasteiger charge is -2.09. The van der Waals surface area contributed by atoms with Gasteiger partial charge in [-0.3, -0.25) is 4.79 Å². The van der Waals surface area contributed by atoms with Crippen LogP contribution in [0.3, 0.4) is 0 Å². The van der Waals surface area contributed by atoms with Gasteiger partial charge in [-0.15, -0.1) is 0 Å². The third kappa shape index (κ3) is 3.75. The molecule has 104 valence electrons. The van der Waals surface area contributed by atoms with E-state index in [2.05, 4.69) is 11.4 Å². The summed E-state index contributed by atoms with van der Waals surface area (Å²) in [4.78, 5) is 12.0. The molecule has 0 radical (unpaired) electrons. The fraction of sp³-hybridized carbons (Fsp3) is 0.188. The molecule has 0 spiro atoms. The molecule has 2 aromatic rings. The maximum atomic E-state index is 12.0. The average Bonchev–Trinajstić information content (AvgIpc) is 2.37. The van der Waals surface area contributed by atoms with Crippen LogP contribution in [0.4, 0.5) is 5.69 Å². The number of aryl methyl sites for hydroxylation is 2. The Hall–Kier alpha value is -1.51. The monoisotopic (exact) mass is 307 g/mol. The normalized spacial score (nSPS) is 10.4. The van der Waals surface area contributed by atoms with Gasteiger partial charge in [0.15, 0.2) is 0 Å². The molecule has 4 heteroatoms. The van der Waals surface area contributed by atoms with Crippen LogP contribution in [0.2, 0.25) is 10.0 Å². The van der Waals surface area contributed by atoms with Gasteiger partial charge in [0.1, 0.15) is 0 Å². The fourth-order valence-corrected chi connectivity index (χ4v) is 2.29. The number of amides is 1. The first-order valence-corrected chi connectivity index (χ1v) is 7.02. The van der Waals surface area contributed by atoms with Crippen molar-refractivity contribution in [3.05, 3.63) is 63.1 Å². The highest BCUT2D eigenvalue weighted by molar-refractivity contribution is 6.42. The summed E-state index contributed by atoms with van der Waals surface area (Å²) in [6, 6.07) is 11.1. The van der Waals surface area contributed by atoms with E-state index in [9.17, 15) is 4.79 Å². The summed E-state index contributed by atoms with van der Waals surface area (Å²) in [6.07, 6.45) is 0.340. The second-order valence-electron chi connectivity index (χ2n) is 4.78. The van der Waals surface area contributed by atoms with Crippen LogP contribution in [0.15, 0.2) is 36.4 Å². The largest absolute Gasteiger partial charge is 0.326 e. The number of carbonyl (C=O) groups is 1. The van der Waals surface area contributed by atoms with Gasteiger partial charge in [0.2, 0.25) is 5.91 Å². The third-order valence-electron chi connectivity index (χ3n) is 3.05. The molecule has 1 amide bonds. The SMILES string of the molecule is Cc1ccc(CC(=O)Nc2ccc(Cl)c(Cl)c2)c(C)c1. The van der Waals surface area contributed by atoms with Crippen LogP contribution < -0.4 is 5.32 Å². The van der Waals surface area contributed by atoms with Gasteiger partial charge < -0.3 is 5.32 Å². The predicted octanol–water partition coefficient (Wildman–Crippen LogP) is 4.79. The van der Waals surface area contributed by atoms with Crippen molar-refractivity contribution in [3.8, 4) is 0 Å². The minimum atomic E-state index is -0.0738. The number of nitrogens with one attached hydrogen (secondary N) is 1. The Morgan fingerprint density at radius 2 is 1.80 bits per heavy atom. The Kier molecular flexibility index (Phi) is 4.69. The van der Waals surface area contributed by atoms with Crippen LogP contribution in [-0.4, -0.2) is 5.91 Å². The number of benzene rings is 2. The number of carbonyl (C=O) groups excluding carboxylic acids is 1. The molecular weight excluding hydrogens is 293 g/mol. The Balaban J connectivity index is 2.07. The minimum Gasteiger partial charge on any atom is -0.326 e. The lowest BCUT2D eigenvalue weighted by atomic mass is 10.0. The quantitative estimate of drug-likeness (QED) is 0.867. The van der Waals surface area contributed by atoms with E-state index in [1.807, 2.05) is 26.0 Å². The number of halogens is 2. The summed E-state index contributed by atoms with van der Waals surface area (Å²) in [5, 5.41) is 3.72. The maximum Gasteiger partial charge on any atom is 0.228 e. The summed E-state index contributed by atoms with van der Waals surface area (Å²) >= 11 is 11.8. The summed E-state index contributed by atoms with van der Waals surface area (Å²) in [7, 11) is 0. The number of hydrogen-bond donors (Lipinski definition) is 1. The second kappa shape index (κ2) is 6.29. The third-order valence-corrected chi connectivity index (χ3v) is 3.79. The molecule has 0 saturated heterocycles. The highest BCUT2D eigenvalue weighted by Gasteiger charge is 2.07. The lowest BCUT2D eigenvalue weighted by Crippen LogP contribution is -2.15. The smallest absolute Gasteiger partial charge is 0.228 e. The van der Waals surface area contributed by atoms with Crippen LogP contribution >= 0.6 is 23.2 Å². The van der Waals surface area contributed by atoms with Crippen LogP contribution in [0.5, 0.6) is 0 Å². The molecule has 0 atom stereocenters. The highest BCUT2D eigenvalue weighted by Crippen LogP contribution is 2.25. The second-order valence-corrected chi connectivity index (χ2v) is 5.60. The van der Waals surface area contributed by atoms with Crippen LogP contribution in [0, 0.1) is 13.8 Å². The summed E-state index contributed by atoms with van der Waals surface area (Å²) < 4.78 is 0. The summed E-state index contributed by atoms with van der Waals surface area (Å²) in [5.41, 5.74) is 3.98. The summed E-state index contributed by atoms with van der Waals surface area (Å²) in [6.45, 7) is 4.04. The van der Waals surface area contributed by atoms with E-state index in [1.165, 1.54) is 5.56 Å². The Morgan fingerprint density at radius 3 is 2.45 bits per heavy atom. The van der Waals surface area contributed by atoms with Crippen molar-refractivity contribution in [3.63, 3.8) is 0 Å². The maximum absolute atomic E-state index is 12.0. The molecule has 0 aliphatic carbocycles. The standard InChI is InChI=1S/C16H15Cl2NO/c1-10-3-4-12(11(2)7-10)8-16(20)19-13-5-6-14(17)15(18)9-13/h3-7,9H,8H2,1-2H3,(H,19,20). The molecule has 2 nitrogen and oxygen atoms in total. The molecule has 2 rings (SSSR count). The zero-order valence-electron chi connectivity index (χ0n) is 11.3. The number of rotatable bonds is 3. The number of hydrogen-bond acceptors (Lipinski definition) is 1. The minimum absolute atomic E-state index is 0.0738.